The van der Waals surface area contributed by atoms with Crippen LogP contribution in [0.2, 0.25) is 18.1 Å². The smallest absolute Gasteiger partial charge is 0.313 e. The van der Waals surface area contributed by atoms with Crippen LogP contribution in [0.5, 0.6) is 0 Å². The van der Waals surface area contributed by atoms with Gasteiger partial charge in [-0.15, -0.1) is 12.3 Å². The first-order valence-electron chi connectivity index (χ1n) is 9.38. The molecule has 0 radical (unpaired) electrons. The third-order valence-electron chi connectivity index (χ3n) is 5.66. The molecule has 0 aromatic heterocycles. The van der Waals surface area contributed by atoms with Crippen molar-refractivity contribution >= 4 is 20.1 Å². The summed E-state index contributed by atoms with van der Waals surface area (Å²) >= 11 is 0. The maximum atomic E-state index is 12.3. The molecule has 1 aliphatic rings. The normalized spacial score (nSPS) is 21.7. The van der Waals surface area contributed by atoms with Gasteiger partial charge in [0.05, 0.1) is 19.3 Å². The van der Waals surface area contributed by atoms with Crippen LogP contribution in [-0.2, 0) is 23.5 Å². The van der Waals surface area contributed by atoms with E-state index in [1.54, 1.807) is 6.92 Å². The summed E-state index contributed by atoms with van der Waals surface area (Å²) in [6, 6.07) is 0. The highest BCUT2D eigenvalue weighted by Crippen LogP contribution is 2.42. The molecule has 0 spiro atoms. The summed E-state index contributed by atoms with van der Waals surface area (Å²) in [4.78, 5) is 23.7. The third kappa shape index (κ3) is 6.60. The lowest BCUT2D eigenvalue weighted by atomic mass is 9.91. The molecule has 1 saturated heterocycles. The highest BCUT2D eigenvalue weighted by Gasteiger charge is 2.49. The van der Waals surface area contributed by atoms with Gasteiger partial charge in [0, 0.05) is 12.3 Å². The van der Waals surface area contributed by atoms with E-state index in [4.69, 9.17) is 15.6 Å². The fourth-order valence-corrected chi connectivity index (χ4v) is 3.90. The van der Waals surface area contributed by atoms with E-state index < -0.39 is 20.2 Å². The molecule has 6 heteroatoms. The predicted molar refractivity (Wildman–Crippen MR) is 109 cm³/mol. The van der Waals surface area contributed by atoms with Crippen molar-refractivity contribution in [2.45, 2.75) is 83.4 Å². The molecule has 4 atom stereocenters. The van der Waals surface area contributed by atoms with Crippen molar-refractivity contribution < 1.29 is 23.5 Å². The summed E-state index contributed by atoms with van der Waals surface area (Å²) in [5, 5.41) is 0.0510. The number of Topliss-reactive ketones (excluding diaryl/α,β-unsaturated/α-hetero) is 1. The maximum absolute atomic E-state index is 12.3. The number of ketones is 1. The van der Waals surface area contributed by atoms with Gasteiger partial charge in [-0.05, 0) is 24.6 Å². The molecule has 0 N–H and O–H groups in total. The van der Waals surface area contributed by atoms with Gasteiger partial charge < -0.3 is 13.9 Å². The van der Waals surface area contributed by atoms with E-state index in [0.29, 0.717) is 12.8 Å². The lowest BCUT2D eigenvalue weighted by molar-refractivity contribution is -0.143. The second kappa shape index (κ2) is 9.18. The molecule has 27 heavy (non-hydrogen) atoms. The Balaban J connectivity index is 2.85. The molecular weight excluding hydrogens is 360 g/mol. The first kappa shape index (κ1) is 23.6. The monoisotopic (exact) mass is 394 g/mol. The SMILES string of the molecule is C#CC[C@H]1O[C@@H]1[C@@H](CC(=C)[C@H](C)C(=O)CC(=O)OC)O[Si](C)(C)C(C)(C)C. The number of epoxide rings is 1. The van der Waals surface area contributed by atoms with Crippen LogP contribution in [0.25, 0.3) is 0 Å². The van der Waals surface area contributed by atoms with Crippen LogP contribution in [-0.4, -0.2) is 45.5 Å². The van der Waals surface area contributed by atoms with Gasteiger partial charge in [-0.1, -0.05) is 39.8 Å². The summed E-state index contributed by atoms with van der Waals surface area (Å²) in [5.74, 6) is 1.45. The number of hydrogen-bond acceptors (Lipinski definition) is 5. The number of esters is 1. The van der Waals surface area contributed by atoms with Gasteiger partial charge in [0.1, 0.15) is 12.5 Å². The highest BCUT2D eigenvalue weighted by atomic mass is 28.4. The third-order valence-corrected chi connectivity index (χ3v) is 10.2. The van der Waals surface area contributed by atoms with E-state index >= 15 is 0 Å². The molecule has 0 unspecified atom stereocenters. The topological polar surface area (TPSA) is 65.1 Å². The van der Waals surface area contributed by atoms with E-state index in [2.05, 4.69) is 51.1 Å². The van der Waals surface area contributed by atoms with Crippen LogP contribution in [0, 0.1) is 18.3 Å². The Morgan fingerprint density at radius 3 is 2.41 bits per heavy atom. The van der Waals surface area contributed by atoms with Gasteiger partial charge in [0.2, 0.25) is 0 Å². The standard InChI is InChI=1S/C21H34O5Si/c1-10-11-17-20(25-17)18(26-27(8,9)21(4,5)6)12-14(2)15(3)16(22)13-19(23)24-7/h1,15,17-18,20H,2,11-13H2,3-9H3/t15-,17+,18+,20-/m0/s1. The van der Waals surface area contributed by atoms with Crippen LogP contribution in [0.1, 0.15) is 47.0 Å². The summed E-state index contributed by atoms with van der Waals surface area (Å²) in [6.07, 6.45) is 5.95. The van der Waals surface area contributed by atoms with Crippen molar-refractivity contribution in [3.8, 4) is 12.3 Å². The number of hydrogen-bond donors (Lipinski definition) is 0. The molecule has 5 nitrogen and oxygen atoms in total. The van der Waals surface area contributed by atoms with Gasteiger partial charge in [0.25, 0.3) is 0 Å². The molecule has 152 valence electrons. The molecular formula is C21H34O5Si. The van der Waals surface area contributed by atoms with Gasteiger partial charge in [-0.3, -0.25) is 9.59 Å². The average molecular weight is 395 g/mol. The minimum Gasteiger partial charge on any atom is -0.469 e. The Morgan fingerprint density at radius 1 is 1.33 bits per heavy atom. The minimum absolute atomic E-state index is 0.00125. The van der Waals surface area contributed by atoms with Crippen LogP contribution in [0.15, 0.2) is 12.2 Å². The Bertz CT molecular complexity index is 611. The molecule has 1 rings (SSSR count). The zero-order chi connectivity index (χ0) is 21.0. The molecule has 0 bridgehead atoms. The minimum atomic E-state index is -2.04. The predicted octanol–water partition coefficient (Wildman–Crippen LogP) is 3.88. The second-order valence-electron chi connectivity index (χ2n) is 8.77. The zero-order valence-electron chi connectivity index (χ0n) is 17.8. The Kier molecular flexibility index (Phi) is 8.03. The van der Waals surface area contributed by atoms with E-state index in [0.717, 1.165) is 5.57 Å². The summed E-state index contributed by atoms with van der Waals surface area (Å²) in [6.45, 7) is 16.8. The van der Waals surface area contributed by atoms with Crippen molar-refractivity contribution in [1.29, 1.82) is 0 Å². The largest absolute Gasteiger partial charge is 0.469 e. The summed E-state index contributed by atoms with van der Waals surface area (Å²) in [5.41, 5.74) is 0.738. The first-order chi connectivity index (χ1) is 12.3. The van der Waals surface area contributed by atoms with E-state index in [-0.39, 0.29) is 35.6 Å². The molecule has 0 saturated carbocycles. The van der Waals surface area contributed by atoms with Gasteiger partial charge in [-0.25, -0.2) is 0 Å². The van der Waals surface area contributed by atoms with Crippen molar-refractivity contribution in [1.82, 2.24) is 0 Å². The number of carbonyl (C=O) groups is 2. The van der Waals surface area contributed by atoms with Crippen LogP contribution < -0.4 is 0 Å². The number of terminal acetylenes is 1. The van der Waals surface area contributed by atoms with Crippen LogP contribution >= 0.6 is 0 Å². The van der Waals surface area contributed by atoms with Crippen molar-refractivity contribution in [2.24, 2.45) is 5.92 Å². The van der Waals surface area contributed by atoms with Gasteiger partial charge >= 0.3 is 5.97 Å². The van der Waals surface area contributed by atoms with E-state index in [9.17, 15) is 9.59 Å². The fourth-order valence-electron chi connectivity index (χ4n) is 2.57. The Hall–Kier alpha value is -1.42. The first-order valence-corrected chi connectivity index (χ1v) is 12.3. The number of carbonyl (C=O) groups excluding carboxylic acids is 2. The lowest BCUT2D eigenvalue weighted by Gasteiger charge is -2.39. The second-order valence-corrected chi connectivity index (χ2v) is 13.5. The van der Waals surface area contributed by atoms with E-state index in [1.165, 1.54) is 7.11 Å². The zero-order valence-corrected chi connectivity index (χ0v) is 18.8. The van der Waals surface area contributed by atoms with Crippen LogP contribution in [0.4, 0.5) is 0 Å². The maximum Gasteiger partial charge on any atom is 0.313 e. The highest BCUT2D eigenvalue weighted by molar-refractivity contribution is 6.74. The summed E-state index contributed by atoms with van der Waals surface area (Å²) in [7, 11) is -0.764. The van der Waals surface area contributed by atoms with Crippen molar-refractivity contribution in [3.63, 3.8) is 0 Å². The quantitative estimate of drug-likeness (QED) is 0.140. The Morgan fingerprint density at radius 2 is 1.93 bits per heavy atom. The molecule has 1 heterocycles. The van der Waals surface area contributed by atoms with Gasteiger partial charge in [0.15, 0.2) is 14.1 Å². The lowest BCUT2D eigenvalue weighted by Crippen LogP contribution is -2.45. The fraction of sp³-hybridized carbons (Fsp3) is 0.714. The molecule has 1 aliphatic heterocycles. The molecule has 0 aromatic carbocycles. The molecule has 0 amide bonds. The van der Waals surface area contributed by atoms with Crippen LogP contribution in [0.3, 0.4) is 0 Å². The molecule has 0 aliphatic carbocycles. The number of methoxy groups -OCH3 is 1. The van der Waals surface area contributed by atoms with Gasteiger partial charge in [-0.2, -0.15) is 0 Å². The number of rotatable bonds is 10. The van der Waals surface area contributed by atoms with E-state index in [1.807, 2.05) is 0 Å². The van der Waals surface area contributed by atoms with Crippen molar-refractivity contribution in [3.05, 3.63) is 12.2 Å². The Labute approximate surface area is 165 Å². The molecule has 1 fully saturated rings. The average Bonchev–Trinajstić information content (AvgIpc) is 3.31. The van der Waals surface area contributed by atoms with Crippen molar-refractivity contribution in [2.75, 3.05) is 7.11 Å². The molecule has 0 aromatic rings. The number of ether oxygens (including phenoxy) is 2. The summed E-state index contributed by atoms with van der Waals surface area (Å²) < 4.78 is 16.9.